The molecule has 5 rings (SSSR count). The van der Waals surface area contributed by atoms with Gasteiger partial charge in [0, 0.05) is 22.7 Å². The monoisotopic (exact) mass is 575 g/mol. The van der Waals surface area contributed by atoms with Gasteiger partial charge in [-0.2, -0.15) is 5.26 Å². The van der Waals surface area contributed by atoms with Crippen molar-refractivity contribution in [2.75, 3.05) is 5.75 Å². The summed E-state index contributed by atoms with van der Waals surface area (Å²) in [5, 5.41) is 20.4. The van der Waals surface area contributed by atoms with Crippen LogP contribution < -0.4 is 0 Å². The van der Waals surface area contributed by atoms with Crippen LogP contribution in [0.1, 0.15) is 67.7 Å². The molecule has 0 spiro atoms. The zero-order chi connectivity index (χ0) is 29.8. The second kappa shape index (κ2) is 8.73. The lowest BCUT2D eigenvalue weighted by atomic mass is 9.44. The summed E-state index contributed by atoms with van der Waals surface area (Å²) >= 11 is 0.768. The number of aliphatic hydroxyl groups is 1. The molecule has 0 unspecified atom stereocenters. The molecule has 4 fully saturated rings. The average Bonchev–Trinajstić information content (AvgIpc) is 3.17. The van der Waals surface area contributed by atoms with Gasteiger partial charge in [0.2, 0.25) is 5.12 Å². The number of ketones is 1. The number of esters is 1. The maximum atomic E-state index is 17.6. The lowest BCUT2D eigenvalue weighted by molar-refractivity contribution is -0.229. The molecule has 0 amide bonds. The van der Waals surface area contributed by atoms with Crippen LogP contribution in [0.25, 0.3) is 0 Å². The molecule has 0 aromatic carbocycles. The minimum Gasteiger partial charge on any atom is -0.449 e. The molecule has 5 aliphatic carbocycles. The minimum atomic E-state index is -2.30. The van der Waals surface area contributed by atoms with Crippen molar-refractivity contribution in [2.24, 2.45) is 45.3 Å². The van der Waals surface area contributed by atoms with E-state index in [0.29, 0.717) is 0 Å². The summed E-state index contributed by atoms with van der Waals surface area (Å²) in [5.74, 6) is -3.70. The van der Waals surface area contributed by atoms with E-state index in [1.807, 2.05) is 33.8 Å². The van der Waals surface area contributed by atoms with E-state index in [4.69, 9.17) is 4.74 Å². The standard InChI is InChI=1S/C31H39F2NO5S/c1-16-12-18-19-14-21(32)20-13-17(35)8-9-28(20,6)30(19,33)22(36)15-29(18,7)31(16,25(38)40-11-10-34)39-24(37)23-26(2,3)27(23,4)5/h8-9,13,16,18-19,21-23,36H,11-12,14-15H2,1-7H3/t16-,18+,19+,21+,22+,28+,29+,30+,31+/m1/s1. The van der Waals surface area contributed by atoms with Crippen LogP contribution in [0.4, 0.5) is 8.78 Å². The Hall–Kier alpha value is -2.05. The normalized spacial score (nSPS) is 46.4. The summed E-state index contributed by atoms with van der Waals surface area (Å²) in [6.45, 7) is 13.0. The lowest BCUT2D eigenvalue weighted by Gasteiger charge is -2.63. The fraction of sp³-hybridized carbons (Fsp3) is 0.742. The first-order valence-electron chi connectivity index (χ1n) is 14.1. The maximum Gasteiger partial charge on any atom is 0.311 e. The number of fused-ring (bicyclic) bond motifs is 5. The topological polar surface area (TPSA) is 104 Å². The van der Waals surface area contributed by atoms with Crippen LogP contribution in [0.3, 0.4) is 0 Å². The van der Waals surface area contributed by atoms with Gasteiger partial charge in [-0.05, 0) is 60.7 Å². The summed E-state index contributed by atoms with van der Waals surface area (Å²) < 4.78 is 39.7. The number of carbonyl (C=O) groups excluding carboxylic acids is 3. The Labute approximate surface area is 239 Å². The summed E-state index contributed by atoms with van der Waals surface area (Å²) in [5.41, 5.74) is -7.47. The lowest BCUT2D eigenvalue weighted by Crippen LogP contribution is -2.70. The highest BCUT2D eigenvalue weighted by molar-refractivity contribution is 8.14. The van der Waals surface area contributed by atoms with Gasteiger partial charge in [0.25, 0.3) is 0 Å². The zero-order valence-corrected chi connectivity index (χ0v) is 25.0. The van der Waals surface area contributed by atoms with E-state index in [-0.39, 0.29) is 41.4 Å². The largest absolute Gasteiger partial charge is 0.449 e. The first-order chi connectivity index (χ1) is 18.4. The number of aliphatic hydroxyl groups excluding tert-OH is 1. The molecule has 0 heterocycles. The highest BCUT2D eigenvalue weighted by Gasteiger charge is 2.79. The Morgan fingerprint density at radius 2 is 1.77 bits per heavy atom. The van der Waals surface area contributed by atoms with E-state index >= 15 is 8.78 Å². The summed E-state index contributed by atoms with van der Waals surface area (Å²) in [4.78, 5) is 40.0. The van der Waals surface area contributed by atoms with Gasteiger partial charge in [-0.25, -0.2) is 8.78 Å². The second-order valence-corrected chi connectivity index (χ2v) is 15.2. The molecule has 0 aromatic heterocycles. The van der Waals surface area contributed by atoms with Gasteiger partial charge in [0.05, 0.1) is 23.8 Å². The number of alkyl halides is 2. The van der Waals surface area contributed by atoms with Gasteiger partial charge < -0.3 is 9.84 Å². The number of nitriles is 1. The van der Waals surface area contributed by atoms with E-state index < -0.39 is 74.9 Å². The van der Waals surface area contributed by atoms with Crippen LogP contribution in [0.2, 0.25) is 0 Å². The van der Waals surface area contributed by atoms with Gasteiger partial charge in [-0.3, -0.25) is 14.4 Å². The third-order valence-corrected chi connectivity index (χ3v) is 13.1. The highest BCUT2D eigenvalue weighted by Crippen LogP contribution is 2.73. The highest BCUT2D eigenvalue weighted by atomic mass is 32.2. The predicted molar refractivity (Wildman–Crippen MR) is 146 cm³/mol. The van der Waals surface area contributed by atoms with E-state index in [0.717, 1.165) is 17.8 Å². The first kappa shape index (κ1) is 29.4. The molecule has 0 bridgehead atoms. The van der Waals surface area contributed by atoms with Crippen LogP contribution >= 0.6 is 11.8 Å². The molecule has 6 nitrogen and oxygen atoms in total. The number of nitrogens with zero attached hydrogens (tertiary/aromatic N) is 1. The molecule has 0 saturated heterocycles. The van der Waals surface area contributed by atoms with Crippen LogP contribution in [0.5, 0.6) is 0 Å². The minimum absolute atomic E-state index is 0.0315. The number of thioether (sulfide) groups is 1. The average molecular weight is 576 g/mol. The van der Waals surface area contributed by atoms with Crippen LogP contribution in [-0.4, -0.2) is 51.3 Å². The molecule has 9 atom stereocenters. The molecule has 5 aliphatic rings. The number of allylic oxidation sites excluding steroid dienone is 4. The van der Waals surface area contributed by atoms with E-state index in [2.05, 4.69) is 0 Å². The smallest absolute Gasteiger partial charge is 0.311 e. The SMILES string of the molecule is C[C@@H]1C[C@H]2[C@@H]3C[C@H](F)C4=CC(=O)C=C[C@]4(C)[C@@]3(F)[C@@H](O)C[C@]2(C)[C@@]1(OC(=O)C1C(C)(C)C1(C)C)C(=O)SCC#N. The number of hydrogen-bond acceptors (Lipinski definition) is 7. The fourth-order valence-corrected chi connectivity index (χ4v) is 10.3. The Balaban J connectivity index is 1.62. The summed E-state index contributed by atoms with van der Waals surface area (Å²) in [7, 11) is 0. The van der Waals surface area contributed by atoms with Crippen molar-refractivity contribution in [2.45, 2.75) is 91.3 Å². The molecular weight excluding hydrogens is 536 g/mol. The number of rotatable bonds is 4. The van der Waals surface area contributed by atoms with E-state index in [9.17, 15) is 24.8 Å². The van der Waals surface area contributed by atoms with Gasteiger partial charge in [0.15, 0.2) is 17.1 Å². The molecule has 9 heteroatoms. The summed E-state index contributed by atoms with van der Waals surface area (Å²) in [6.07, 6.45) is 0.364. The molecule has 4 saturated carbocycles. The molecule has 0 aromatic rings. The quantitative estimate of drug-likeness (QED) is 0.454. The molecule has 218 valence electrons. The molecule has 1 N–H and O–H groups in total. The Bertz CT molecular complexity index is 1270. The van der Waals surface area contributed by atoms with Crippen molar-refractivity contribution in [1.29, 1.82) is 5.26 Å². The zero-order valence-electron chi connectivity index (χ0n) is 24.2. The van der Waals surface area contributed by atoms with Crippen molar-refractivity contribution in [3.8, 4) is 6.07 Å². The molecule has 0 aliphatic heterocycles. The predicted octanol–water partition coefficient (Wildman–Crippen LogP) is 5.30. The van der Waals surface area contributed by atoms with Crippen LogP contribution in [-0.2, 0) is 19.1 Å². The molecule has 0 radical (unpaired) electrons. The Morgan fingerprint density at radius 1 is 1.15 bits per heavy atom. The van der Waals surface area contributed by atoms with Crippen molar-refractivity contribution in [1.82, 2.24) is 0 Å². The number of halogens is 2. The maximum absolute atomic E-state index is 17.6. The van der Waals surface area contributed by atoms with Crippen molar-refractivity contribution in [3.63, 3.8) is 0 Å². The Kier molecular flexibility index (Phi) is 6.43. The van der Waals surface area contributed by atoms with Crippen LogP contribution in [0.15, 0.2) is 23.8 Å². The van der Waals surface area contributed by atoms with Crippen LogP contribution in [0, 0.1) is 56.7 Å². The van der Waals surface area contributed by atoms with Gasteiger partial charge in [0.1, 0.15) is 6.17 Å². The third kappa shape index (κ3) is 3.32. The van der Waals surface area contributed by atoms with E-state index in [1.54, 1.807) is 13.8 Å². The van der Waals surface area contributed by atoms with Crippen molar-refractivity contribution >= 4 is 28.6 Å². The fourth-order valence-electron chi connectivity index (χ4n) is 9.43. The van der Waals surface area contributed by atoms with E-state index in [1.165, 1.54) is 19.1 Å². The number of ether oxygens (including phenoxy) is 1. The Morgan fingerprint density at radius 3 is 2.35 bits per heavy atom. The summed E-state index contributed by atoms with van der Waals surface area (Å²) in [6, 6.07) is 1.96. The van der Waals surface area contributed by atoms with Crippen molar-refractivity contribution < 1.29 is 33.0 Å². The van der Waals surface area contributed by atoms with Gasteiger partial charge >= 0.3 is 5.97 Å². The number of hydrogen-bond donors (Lipinski definition) is 1. The molecular formula is C31H39F2NO5S. The van der Waals surface area contributed by atoms with Gasteiger partial charge in [-0.1, -0.05) is 59.4 Å². The second-order valence-electron chi connectivity index (χ2n) is 14.3. The number of carbonyl (C=O) groups is 3. The first-order valence-corrected chi connectivity index (χ1v) is 15.1. The third-order valence-electron chi connectivity index (χ3n) is 12.3. The molecule has 40 heavy (non-hydrogen) atoms. The van der Waals surface area contributed by atoms with Crippen molar-refractivity contribution in [3.05, 3.63) is 23.8 Å². The van der Waals surface area contributed by atoms with Gasteiger partial charge in [-0.15, -0.1) is 0 Å².